The third kappa shape index (κ3) is 2.90. The van der Waals surface area contributed by atoms with Crippen LogP contribution >= 0.6 is 11.3 Å². The maximum absolute atomic E-state index is 13.4. The van der Waals surface area contributed by atoms with E-state index in [0.29, 0.717) is 17.5 Å². The number of aliphatic hydroxyl groups is 1. The molecule has 0 fully saturated rings. The molecule has 2 nitrogen and oxygen atoms in total. The third-order valence-corrected chi connectivity index (χ3v) is 3.47. The predicted molar refractivity (Wildman–Crippen MR) is 66.7 cm³/mol. The Balaban J connectivity index is 2.14. The molecule has 17 heavy (non-hydrogen) atoms. The minimum absolute atomic E-state index is 0.281. The molecule has 0 bridgehead atoms. The lowest BCUT2D eigenvalue weighted by atomic mass is 10.0. The van der Waals surface area contributed by atoms with Crippen LogP contribution in [0.1, 0.15) is 27.9 Å². The van der Waals surface area contributed by atoms with Gasteiger partial charge in [-0.1, -0.05) is 12.1 Å². The standard InChI is InChI=1S/C13H14FNOS/c1-8-3-4-10(5-12(8)14)13(16)6-11-7-17-9(2)15-11/h3-5,7,13,16H,6H2,1-2H3. The van der Waals surface area contributed by atoms with Gasteiger partial charge in [-0.05, 0) is 31.0 Å². The summed E-state index contributed by atoms with van der Waals surface area (Å²) in [6.45, 7) is 3.63. The Hall–Kier alpha value is -1.26. The van der Waals surface area contributed by atoms with Crippen molar-refractivity contribution in [3.05, 3.63) is 51.2 Å². The lowest BCUT2D eigenvalue weighted by Gasteiger charge is -2.10. The highest BCUT2D eigenvalue weighted by molar-refractivity contribution is 7.09. The van der Waals surface area contributed by atoms with Gasteiger partial charge in [0.2, 0.25) is 0 Å². The minimum Gasteiger partial charge on any atom is -0.388 e. The van der Waals surface area contributed by atoms with E-state index in [0.717, 1.165) is 10.7 Å². The second kappa shape index (κ2) is 4.94. The van der Waals surface area contributed by atoms with E-state index in [-0.39, 0.29) is 5.82 Å². The first-order valence-corrected chi connectivity index (χ1v) is 6.29. The quantitative estimate of drug-likeness (QED) is 0.909. The van der Waals surface area contributed by atoms with Crippen LogP contribution < -0.4 is 0 Å². The SMILES string of the molecule is Cc1nc(CC(O)c2ccc(C)c(F)c2)cs1. The monoisotopic (exact) mass is 251 g/mol. The summed E-state index contributed by atoms with van der Waals surface area (Å²) in [6.07, 6.45) is -0.279. The molecule has 0 aliphatic rings. The minimum atomic E-state index is -0.702. The summed E-state index contributed by atoms with van der Waals surface area (Å²) in [5.74, 6) is -0.281. The van der Waals surface area contributed by atoms with E-state index < -0.39 is 6.10 Å². The molecule has 0 spiro atoms. The number of halogens is 1. The second-order valence-electron chi connectivity index (χ2n) is 4.09. The summed E-state index contributed by atoms with van der Waals surface area (Å²) < 4.78 is 13.4. The Labute approximate surface area is 104 Å². The van der Waals surface area contributed by atoms with Crippen molar-refractivity contribution >= 4 is 11.3 Å². The van der Waals surface area contributed by atoms with Crippen molar-refractivity contribution < 1.29 is 9.50 Å². The van der Waals surface area contributed by atoms with Crippen LogP contribution in [0.25, 0.3) is 0 Å². The molecule has 1 heterocycles. The van der Waals surface area contributed by atoms with Crippen LogP contribution in [-0.2, 0) is 6.42 Å². The van der Waals surface area contributed by atoms with Crippen molar-refractivity contribution in [2.45, 2.75) is 26.4 Å². The Morgan fingerprint density at radius 2 is 2.18 bits per heavy atom. The Kier molecular flexibility index (Phi) is 3.54. The zero-order valence-corrected chi connectivity index (χ0v) is 10.6. The van der Waals surface area contributed by atoms with Crippen LogP contribution in [0.3, 0.4) is 0 Å². The first-order valence-electron chi connectivity index (χ1n) is 5.41. The van der Waals surface area contributed by atoms with Crippen LogP contribution in [0.4, 0.5) is 4.39 Å². The van der Waals surface area contributed by atoms with Gasteiger partial charge in [-0.2, -0.15) is 0 Å². The molecule has 2 rings (SSSR count). The van der Waals surface area contributed by atoms with Crippen molar-refractivity contribution in [2.75, 3.05) is 0 Å². The molecular weight excluding hydrogens is 237 g/mol. The fraction of sp³-hybridized carbons (Fsp3) is 0.308. The Bertz CT molecular complexity index is 524. The lowest BCUT2D eigenvalue weighted by molar-refractivity contribution is 0.177. The molecule has 0 amide bonds. The smallest absolute Gasteiger partial charge is 0.126 e. The van der Waals surface area contributed by atoms with Gasteiger partial charge in [0.15, 0.2) is 0 Å². The highest BCUT2D eigenvalue weighted by atomic mass is 32.1. The van der Waals surface area contributed by atoms with Gasteiger partial charge in [0.05, 0.1) is 16.8 Å². The van der Waals surface area contributed by atoms with Crippen molar-refractivity contribution in [3.63, 3.8) is 0 Å². The zero-order chi connectivity index (χ0) is 12.4. The molecular formula is C13H14FNOS. The molecule has 0 aliphatic heterocycles. The molecule has 1 atom stereocenters. The number of aryl methyl sites for hydroxylation is 2. The van der Waals surface area contributed by atoms with Crippen molar-refractivity contribution in [1.82, 2.24) is 4.98 Å². The fourth-order valence-corrected chi connectivity index (χ4v) is 2.26. The summed E-state index contributed by atoms with van der Waals surface area (Å²) in [5, 5.41) is 12.9. The first kappa shape index (κ1) is 12.2. The molecule has 0 saturated carbocycles. The number of hydrogen-bond donors (Lipinski definition) is 1. The van der Waals surface area contributed by atoms with Crippen LogP contribution in [0.2, 0.25) is 0 Å². The van der Waals surface area contributed by atoms with Gasteiger partial charge in [-0.25, -0.2) is 9.37 Å². The van der Waals surface area contributed by atoms with E-state index in [9.17, 15) is 9.50 Å². The van der Waals surface area contributed by atoms with Gasteiger partial charge in [0.25, 0.3) is 0 Å². The van der Waals surface area contributed by atoms with E-state index in [1.54, 1.807) is 30.4 Å². The average molecular weight is 251 g/mol. The van der Waals surface area contributed by atoms with Crippen LogP contribution in [0, 0.1) is 19.7 Å². The number of thiazole rings is 1. The first-order chi connectivity index (χ1) is 8.06. The van der Waals surface area contributed by atoms with Crippen LogP contribution in [0.15, 0.2) is 23.6 Å². The van der Waals surface area contributed by atoms with Gasteiger partial charge in [-0.15, -0.1) is 11.3 Å². The highest BCUT2D eigenvalue weighted by Crippen LogP contribution is 2.21. The second-order valence-corrected chi connectivity index (χ2v) is 5.15. The van der Waals surface area contributed by atoms with Crippen molar-refractivity contribution in [2.24, 2.45) is 0 Å². The van der Waals surface area contributed by atoms with Gasteiger partial charge < -0.3 is 5.11 Å². The van der Waals surface area contributed by atoms with Crippen LogP contribution in [0.5, 0.6) is 0 Å². The summed E-state index contributed by atoms with van der Waals surface area (Å²) in [7, 11) is 0. The van der Waals surface area contributed by atoms with Gasteiger partial charge >= 0.3 is 0 Å². The average Bonchev–Trinajstić information content (AvgIpc) is 2.68. The molecule has 0 saturated heterocycles. The third-order valence-electron chi connectivity index (χ3n) is 2.65. The van der Waals surface area contributed by atoms with Gasteiger partial charge in [0, 0.05) is 11.8 Å². The number of aromatic nitrogens is 1. The molecule has 1 aromatic carbocycles. The van der Waals surface area contributed by atoms with E-state index in [4.69, 9.17) is 0 Å². The largest absolute Gasteiger partial charge is 0.388 e. The lowest BCUT2D eigenvalue weighted by Crippen LogP contribution is -2.03. The molecule has 1 aromatic heterocycles. The van der Waals surface area contributed by atoms with E-state index in [1.165, 1.54) is 6.07 Å². The van der Waals surface area contributed by atoms with Gasteiger partial charge in [-0.3, -0.25) is 0 Å². The normalized spacial score (nSPS) is 12.7. The molecule has 1 unspecified atom stereocenters. The Morgan fingerprint density at radius 3 is 2.76 bits per heavy atom. The molecule has 2 aromatic rings. The maximum atomic E-state index is 13.4. The molecule has 4 heteroatoms. The summed E-state index contributed by atoms with van der Waals surface area (Å²) in [5.41, 5.74) is 2.03. The highest BCUT2D eigenvalue weighted by Gasteiger charge is 2.12. The molecule has 90 valence electrons. The van der Waals surface area contributed by atoms with E-state index in [2.05, 4.69) is 4.98 Å². The molecule has 0 radical (unpaired) electrons. The van der Waals surface area contributed by atoms with E-state index >= 15 is 0 Å². The summed E-state index contributed by atoms with van der Waals surface area (Å²) >= 11 is 1.55. The van der Waals surface area contributed by atoms with Crippen molar-refractivity contribution in [3.8, 4) is 0 Å². The number of aliphatic hydroxyl groups excluding tert-OH is 1. The Morgan fingerprint density at radius 1 is 1.41 bits per heavy atom. The van der Waals surface area contributed by atoms with E-state index in [1.807, 2.05) is 12.3 Å². The predicted octanol–water partition coefficient (Wildman–Crippen LogP) is 3.18. The fourth-order valence-electron chi connectivity index (χ4n) is 1.63. The number of benzene rings is 1. The van der Waals surface area contributed by atoms with Crippen LogP contribution in [-0.4, -0.2) is 10.1 Å². The van der Waals surface area contributed by atoms with Gasteiger partial charge in [0.1, 0.15) is 5.82 Å². The van der Waals surface area contributed by atoms with Crippen molar-refractivity contribution in [1.29, 1.82) is 0 Å². The number of rotatable bonds is 3. The molecule has 1 N–H and O–H groups in total. The summed E-state index contributed by atoms with van der Waals surface area (Å²) in [4.78, 5) is 4.28. The molecule has 0 aliphatic carbocycles. The number of hydrogen-bond acceptors (Lipinski definition) is 3. The summed E-state index contributed by atoms with van der Waals surface area (Å²) in [6, 6.07) is 4.82. The maximum Gasteiger partial charge on any atom is 0.126 e. The topological polar surface area (TPSA) is 33.1 Å². The number of nitrogens with zero attached hydrogens (tertiary/aromatic N) is 1. The zero-order valence-electron chi connectivity index (χ0n) is 9.77.